The van der Waals surface area contributed by atoms with Gasteiger partial charge < -0.3 is 10.2 Å². The molecule has 0 unspecified atom stereocenters. The SMILES string of the molecule is O=C(Nc1ccc(-c2cccc3c(C(=O)N4CCCCC4)cnn23)cc1)C1CC1. The number of pyridine rings is 1. The number of anilines is 1. The Balaban J connectivity index is 1.42. The number of amides is 2. The van der Waals surface area contributed by atoms with E-state index in [2.05, 4.69) is 10.4 Å². The Morgan fingerprint density at radius 3 is 2.45 bits per heavy atom. The number of nitrogens with zero attached hydrogens (tertiary/aromatic N) is 3. The highest BCUT2D eigenvalue weighted by molar-refractivity contribution is 6.01. The molecule has 2 aromatic heterocycles. The van der Waals surface area contributed by atoms with Crippen LogP contribution in [0.4, 0.5) is 5.69 Å². The van der Waals surface area contributed by atoms with E-state index in [1.807, 2.05) is 51.9 Å². The number of rotatable bonds is 4. The molecule has 29 heavy (non-hydrogen) atoms. The highest BCUT2D eigenvalue weighted by atomic mass is 16.2. The molecule has 6 nitrogen and oxygen atoms in total. The summed E-state index contributed by atoms with van der Waals surface area (Å²) in [5.74, 6) is 0.353. The van der Waals surface area contributed by atoms with Crippen molar-refractivity contribution in [3.8, 4) is 11.3 Å². The van der Waals surface area contributed by atoms with Crippen molar-refractivity contribution >= 4 is 23.0 Å². The van der Waals surface area contributed by atoms with Crippen molar-refractivity contribution in [3.05, 3.63) is 54.2 Å². The fourth-order valence-electron chi connectivity index (χ4n) is 3.98. The van der Waals surface area contributed by atoms with Crippen LogP contribution in [0.1, 0.15) is 42.5 Å². The Morgan fingerprint density at radius 2 is 1.72 bits per heavy atom. The lowest BCUT2D eigenvalue weighted by atomic mass is 10.1. The third-order valence-corrected chi connectivity index (χ3v) is 5.81. The highest BCUT2D eigenvalue weighted by Gasteiger charge is 2.29. The van der Waals surface area contributed by atoms with Crippen LogP contribution in [0, 0.1) is 5.92 Å². The number of piperidine rings is 1. The van der Waals surface area contributed by atoms with Gasteiger partial charge in [-0.15, -0.1) is 0 Å². The van der Waals surface area contributed by atoms with Gasteiger partial charge in [0.1, 0.15) is 0 Å². The Labute approximate surface area is 169 Å². The minimum absolute atomic E-state index is 0.0648. The van der Waals surface area contributed by atoms with E-state index in [1.54, 1.807) is 6.20 Å². The molecule has 6 heteroatoms. The zero-order valence-electron chi connectivity index (χ0n) is 16.3. The van der Waals surface area contributed by atoms with Gasteiger partial charge in [-0.25, -0.2) is 4.52 Å². The average Bonchev–Trinajstić information content (AvgIpc) is 3.53. The molecule has 1 aromatic carbocycles. The number of likely N-dealkylation sites (tertiary alicyclic amines) is 1. The molecule has 0 atom stereocenters. The molecule has 1 aliphatic heterocycles. The van der Waals surface area contributed by atoms with Gasteiger partial charge in [-0.1, -0.05) is 18.2 Å². The van der Waals surface area contributed by atoms with E-state index in [1.165, 1.54) is 6.42 Å². The molecule has 1 saturated heterocycles. The number of aromatic nitrogens is 2. The van der Waals surface area contributed by atoms with Crippen LogP contribution < -0.4 is 5.32 Å². The molecule has 2 fully saturated rings. The first-order chi connectivity index (χ1) is 14.2. The Kier molecular flexibility index (Phi) is 4.54. The Hall–Kier alpha value is -3.15. The quantitative estimate of drug-likeness (QED) is 0.735. The average molecular weight is 388 g/mol. The number of carbonyl (C=O) groups excluding carboxylic acids is 2. The second kappa shape index (κ2) is 7.35. The van der Waals surface area contributed by atoms with Gasteiger partial charge in [0.25, 0.3) is 5.91 Å². The van der Waals surface area contributed by atoms with Gasteiger partial charge in [-0.05, 0) is 56.4 Å². The van der Waals surface area contributed by atoms with Crippen molar-refractivity contribution in [2.45, 2.75) is 32.1 Å². The van der Waals surface area contributed by atoms with E-state index >= 15 is 0 Å². The zero-order chi connectivity index (χ0) is 19.8. The molecule has 5 rings (SSSR count). The molecule has 2 amide bonds. The molecule has 3 heterocycles. The topological polar surface area (TPSA) is 66.7 Å². The molecular formula is C23H24N4O2. The summed E-state index contributed by atoms with van der Waals surface area (Å²) < 4.78 is 1.83. The normalized spacial score (nSPS) is 16.8. The van der Waals surface area contributed by atoms with Crippen LogP contribution in [-0.2, 0) is 4.79 Å². The van der Waals surface area contributed by atoms with Crippen molar-refractivity contribution in [2.24, 2.45) is 5.92 Å². The maximum Gasteiger partial charge on any atom is 0.257 e. The van der Waals surface area contributed by atoms with Crippen LogP contribution in [0.2, 0.25) is 0 Å². The predicted octanol–water partition coefficient (Wildman–Crippen LogP) is 3.98. The summed E-state index contributed by atoms with van der Waals surface area (Å²) in [7, 11) is 0. The van der Waals surface area contributed by atoms with Gasteiger partial charge in [0.05, 0.1) is 23.0 Å². The first kappa shape index (κ1) is 17.9. The molecule has 2 aliphatic rings. The summed E-state index contributed by atoms with van der Waals surface area (Å²) >= 11 is 0. The van der Waals surface area contributed by atoms with E-state index < -0.39 is 0 Å². The predicted molar refractivity (Wildman–Crippen MR) is 112 cm³/mol. The molecule has 148 valence electrons. The highest BCUT2D eigenvalue weighted by Crippen LogP contribution is 2.31. The molecule has 0 spiro atoms. The molecular weight excluding hydrogens is 364 g/mol. The maximum atomic E-state index is 13.0. The third-order valence-electron chi connectivity index (χ3n) is 5.81. The van der Waals surface area contributed by atoms with Gasteiger partial charge in [-0.3, -0.25) is 9.59 Å². The number of carbonyl (C=O) groups is 2. The zero-order valence-corrected chi connectivity index (χ0v) is 16.3. The van der Waals surface area contributed by atoms with Gasteiger partial charge in [-0.2, -0.15) is 5.10 Å². The summed E-state index contributed by atoms with van der Waals surface area (Å²) in [6.07, 6.45) is 6.99. The lowest BCUT2D eigenvalue weighted by Crippen LogP contribution is -2.35. The number of benzene rings is 1. The van der Waals surface area contributed by atoms with Gasteiger partial charge in [0, 0.05) is 30.3 Å². The minimum Gasteiger partial charge on any atom is -0.339 e. The van der Waals surface area contributed by atoms with E-state index in [0.717, 1.165) is 61.2 Å². The van der Waals surface area contributed by atoms with Crippen LogP contribution in [0.15, 0.2) is 48.7 Å². The molecule has 3 aromatic rings. The maximum absolute atomic E-state index is 13.0. The molecule has 0 radical (unpaired) electrons. The van der Waals surface area contributed by atoms with Crippen molar-refractivity contribution in [2.75, 3.05) is 18.4 Å². The standard InChI is InChI=1S/C23H24N4O2/c28-22(17-7-8-17)25-18-11-9-16(10-12-18)20-5-4-6-21-19(15-24-27(20)21)23(29)26-13-2-1-3-14-26/h4-6,9-12,15,17H,1-3,7-8,13-14H2,(H,25,28). The van der Waals surface area contributed by atoms with Crippen LogP contribution in [0.5, 0.6) is 0 Å². The fourth-order valence-corrected chi connectivity index (χ4v) is 3.98. The number of hydrogen-bond acceptors (Lipinski definition) is 3. The summed E-state index contributed by atoms with van der Waals surface area (Å²) in [5, 5.41) is 7.48. The monoisotopic (exact) mass is 388 g/mol. The Bertz CT molecular complexity index is 1060. The smallest absolute Gasteiger partial charge is 0.257 e. The van der Waals surface area contributed by atoms with Crippen LogP contribution in [0.3, 0.4) is 0 Å². The van der Waals surface area contributed by atoms with Crippen LogP contribution >= 0.6 is 0 Å². The molecule has 1 saturated carbocycles. The fraction of sp³-hybridized carbons (Fsp3) is 0.348. The van der Waals surface area contributed by atoms with Crippen molar-refractivity contribution < 1.29 is 9.59 Å². The Morgan fingerprint density at radius 1 is 0.966 bits per heavy atom. The molecule has 1 N–H and O–H groups in total. The minimum atomic E-state index is 0.0648. The first-order valence-electron chi connectivity index (χ1n) is 10.4. The number of hydrogen-bond donors (Lipinski definition) is 1. The van der Waals surface area contributed by atoms with E-state index in [9.17, 15) is 9.59 Å². The van der Waals surface area contributed by atoms with Gasteiger partial charge in [0.15, 0.2) is 0 Å². The molecule has 0 bridgehead atoms. The van der Waals surface area contributed by atoms with Crippen molar-refractivity contribution in [1.29, 1.82) is 0 Å². The second-order valence-corrected chi connectivity index (χ2v) is 7.96. The molecule has 1 aliphatic carbocycles. The second-order valence-electron chi connectivity index (χ2n) is 7.96. The van der Waals surface area contributed by atoms with Gasteiger partial charge in [0.2, 0.25) is 5.91 Å². The van der Waals surface area contributed by atoms with E-state index in [0.29, 0.717) is 5.56 Å². The number of fused-ring (bicyclic) bond motifs is 1. The van der Waals surface area contributed by atoms with E-state index in [4.69, 9.17) is 0 Å². The van der Waals surface area contributed by atoms with E-state index in [-0.39, 0.29) is 17.7 Å². The van der Waals surface area contributed by atoms with Crippen LogP contribution in [-0.4, -0.2) is 39.4 Å². The van der Waals surface area contributed by atoms with Gasteiger partial charge >= 0.3 is 0 Å². The summed E-state index contributed by atoms with van der Waals surface area (Å²) in [5.41, 5.74) is 4.19. The number of nitrogens with one attached hydrogen (secondary N) is 1. The summed E-state index contributed by atoms with van der Waals surface area (Å²) in [6.45, 7) is 1.65. The summed E-state index contributed by atoms with van der Waals surface area (Å²) in [6, 6.07) is 13.7. The van der Waals surface area contributed by atoms with Crippen molar-refractivity contribution in [1.82, 2.24) is 14.5 Å². The lowest BCUT2D eigenvalue weighted by molar-refractivity contribution is -0.117. The van der Waals surface area contributed by atoms with Crippen molar-refractivity contribution in [3.63, 3.8) is 0 Å². The first-order valence-corrected chi connectivity index (χ1v) is 10.4. The lowest BCUT2D eigenvalue weighted by Gasteiger charge is -2.26. The third kappa shape index (κ3) is 3.50. The summed E-state index contributed by atoms with van der Waals surface area (Å²) in [4.78, 5) is 26.8. The van der Waals surface area contributed by atoms with Crippen LogP contribution in [0.25, 0.3) is 16.8 Å². The largest absolute Gasteiger partial charge is 0.339 e.